The third-order valence-electron chi connectivity index (χ3n) is 3.29. The summed E-state index contributed by atoms with van der Waals surface area (Å²) in [7, 11) is 1.42. The molecule has 5 heteroatoms. The summed E-state index contributed by atoms with van der Waals surface area (Å²) in [6.45, 7) is 0.548. The van der Waals surface area contributed by atoms with Crippen LogP contribution in [0.4, 0.5) is 4.39 Å². The molecule has 0 aliphatic carbocycles. The predicted molar refractivity (Wildman–Crippen MR) is 82.2 cm³/mol. The maximum atomic E-state index is 13.5. The van der Waals surface area contributed by atoms with Crippen LogP contribution in [0.25, 0.3) is 0 Å². The first-order valence-corrected chi connectivity index (χ1v) is 7.18. The van der Waals surface area contributed by atoms with Crippen LogP contribution in [-0.4, -0.2) is 24.5 Å². The summed E-state index contributed by atoms with van der Waals surface area (Å²) < 4.78 is 18.4. The molecule has 1 heterocycles. The summed E-state index contributed by atoms with van der Waals surface area (Å²) in [5.74, 6) is -0.244. The number of hydrogen-bond donors (Lipinski definition) is 1. The smallest absolute Gasteiger partial charge is 0.220 e. The number of amides is 1. The number of ether oxygens (including phenoxy) is 1. The van der Waals surface area contributed by atoms with Gasteiger partial charge in [-0.1, -0.05) is 12.1 Å². The summed E-state index contributed by atoms with van der Waals surface area (Å²) in [6.07, 6.45) is 3.25. The SMILES string of the molecule is COc1ccc(CCC(=O)NCCc2ccccn2)cc1F. The van der Waals surface area contributed by atoms with Crippen molar-refractivity contribution in [3.05, 3.63) is 59.7 Å². The fourth-order valence-corrected chi connectivity index (χ4v) is 2.09. The maximum Gasteiger partial charge on any atom is 0.220 e. The van der Waals surface area contributed by atoms with Crippen LogP contribution in [-0.2, 0) is 17.6 Å². The Morgan fingerprint density at radius 3 is 2.82 bits per heavy atom. The molecule has 1 aromatic carbocycles. The fraction of sp³-hybridized carbons (Fsp3) is 0.294. The number of methoxy groups -OCH3 is 1. The molecule has 0 bridgehead atoms. The molecule has 0 spiro atoms. The van der Waals surface area contributed by atoms with Crippen molar-refractivity contribution in [2.45, 2.75) is 19.3 Å². The van der Waals surface area contributed by atoms with Crippen LogP contribution in [0.5, 0.6) is 5.75 Å². The minimum atomic E-state index is -0.407. The standard InChI is InChI=1S/C17H19FN2O2/c1-22-16-7-5-13(12-15(16)18)6-8-17(21)20-11-9-14-4-2-3-10-19-14/h2-5,7,10,12H,6,8-9,11H2,1H3,(H,20,21). The van der Waals surface area contributed by atoms with Gasteiger partial charge in [0.05, 0.1) is 7.11 Å². The number of nitrogens with zero attached hydrogens (tertiary/aromatic N) is 1. The number of carbonyl (C=O) groups is 1. The lowest BCUT2D eigenvalue weighted by Gasteiger charge is -2.06. The highest BCUT2D eigenvalue weighted by Gasteiger charge is 2.06. The minimum absolute atomic E-state index is 0.0489. The summed E-state index contributed by atoms with van der Waals surface area (Å²) >= 11 is 0. The third kappa shape index (κ3) is 4.84. The van der Waals surface area contributed by atoms with Gasteiger partial charge in [-0.05, 0) is 36.2 Å². The first-order chi connectivity index (χ1) is 10.7. The number of hydrogen-bond acceptors (Lipinski definition) is 3. The zero-order chi connectivity index (χ0) is 15.8. The lowest BCUT2D eigenvalue weighted by Crippen LogP contribution is -2.26. The molecule has 1 N–H and O–H groups in total. The van der Waals surface area contributed by atoms with Gasteiger partial charge in [0.1, 0.15) is 0 Å². The van der Waals surface area contributed by atoms with Gasteiger partial charge in [-0.3, -0.25) is 9.78 Å². The number of aromatic nitrogens is 1. The Labute approximate surface area is 129 Å². The molecule has 0 radical (unpaired) electrons. The van der Waals surface area contributed by atoms with Crippen molar-refractivity contribution in [2.75, 3.05) is 13.7 Å². The molecule has 1 amide bonds. The van der Waals surface area contributed by atoms with E-state index in [1.165, 1.54) is 13.2 Å². The molecule has 0 atom stereocenters. The highest BCUT2D eigenvalue weighted by atomic mass is 19.1. The Morgan fingerprint density at radius 2 is 2.14 bits per heavy atom. The maximum absolute atomic E-state index is 13.5. The number of benzene rings is 1. The summed E-state index contributed by atoms with van der Waals surface area (Å²) in [6, 6.07) is 10.4. The molecular weight excluding hydrogens is 283 g/mol. The number of halogens is 1. The molecular formula is C17H19FN2O2. The second-order valence-electron chi connectivity index (χ2n) is 4.89. The molecule has 0 aliphatic rings. The molecule has 0 saturated heterocycles. The van der Waals surface area contributed by atoms with E-state index in [9.17, 15) is 9.18 Å². The van der Waals surface area contributed by atoms with E-state index in [4.69, 9.17) is 4.74 Å². The molecule has 22 heavy (non-hydrogen) atoms. The number of pyridine rings is 1. The fourth-order valence-electron chi connectivity index (χ4n) is 2.09. The molecule has 2 rings (SSSR count). The summed E-state index contributed by atoms with van der Waals surface area (Å²) in [4.78, 5) is 16.0. The van der Waals surface area contributed by atoms with E-state index in [1.807, 2.05) is 18.2 Å². The third-order valence-corrected chi connectivity index (χ3v) is 3.29. The van der Waals surface area contributed by atoms with Crippen LogP contribution in [0.1, 0.15) is 17.7 Å². The monoisotopic (exact) mass is 302 g/mol. The molecule has 0 unspecified atom stereocenters. The number of nitrogens with one attached hydrogen (secondary N) is 1. The van der Waals surface area contributed by atoms with Gasteiger partial charge >= 0.3 is 0 Å². The topological polar surface area (TPSA) is 51.2 Å². The highest BCUT2D eigenvalue weighted by molar-refractivity contribution is 5.76. The summed E-state index contributed by atoms with van der Waals surface area (Å²) in [5, 5.41) is 2.84. The average Bonchev–Trinajstić information content (AvgIpc) is 2.54. The van der Waals surface area contributed by atoms with Gasteiger partial charge in [-0.15, -0.1) is 0 Å². The minimum Gasteiger partial charge on any atom is -0.494 e. The van der Waals surface area contributed by atoms with Crippen molar-refractivity contribution in [2.24, 2.45) is 0 Å². The van der Waals surface area contributed by atoms with Crippen LogP contribution in [0.3, 0.4) is 0 Å². The molecule has 2 aromatic rings. The van der Waals surface area contributed by atoms with E-state index in [0.717, 1.165) is 11.3 Å². The van der Waals surface area contributed by atoms with E-state index >= 15 is 0 Å². The Hall–Kier alpha value is -2.43. The predicted octanol–water partition coefficient (Wildman–Crippen LogP) is 2.52. The molecule has 0 aliphatic heterocycles. The molecule has 0 fully saturated rings. The quantitative estimate of drug-likeness (QED) is 0.855. The largest absolute Gasteiger partial charge is 0.494 e. The normalized spacial score (nSPS) is 10.3. The zero-order valence-electron chi connectivity index (χ0n) is 12.5. The molecule has 1 aromatic heterocycles. The van der Waals surface area contributed by atoms with Crippen molar-refractivity contribution in [3.8, 4) is 5.75 Å². The lowest BCUT2D eigenvalue weighted by atomic mass is 10.1. The first-order valence-electron chi connectivity index (χ1n) is 7.18. The van der Waals surface area contributed by atoms with Crippen LogP contribution in [0.15, 0.2) is 42.6 Å². The van der Waals surface area contributed by atoms with Crippen molar-refractivity contribution in [1.82, 2.24) is 10.3 Å². The van der Waals surface area contributed by atoms with Crippen LogP contribution in [0, 0.1) is 5.82 Å². The van der Waals surface area contributed by atoms with E-state index in [-0.39, 0.29) is 11.7 Å². The lowest BCUT2D eigenvalue weighted by molar-refractivity contribution is -0.121. The van der Waals surface area contributed by atoms with Gasteiger partial charge in [-0.25, -0.2) is 4.39 Å². The van der Waals surface area contributed by atoms with Gasteiger partial charge < -0.3 is 10.1 Å². The molecule has 0 saturated carbocycles. The number of rotatable bonds is 7. The van der Waals surface area contributed by atoms with Crippen LogP contribution >= 0.6 is 0 Å². The van der Waals surface area contributed by atoms with Crippen molar-refractivity contribution < 1.29 is 13.9 Å². The van der Waals surface area contributed by atoms with Crippen LogP contribution in [0.2, 0.25) is 0 Å². The second kappa shape index (κ2) is 8.12. The van der Waals surface area contributed by atoms with E-state index in [2.05, 4.69) is 10.3 Å². The van der Waals surface area contributed by atoms with E-state index in [1.54, 1.807) is 18.3 Å². The Bertz CT molecular complexity index is 617. The second-order valence-corrected chi connectivity index (χ2v) is 4.89. The van der Waals surface area contributed by atoms with Crippen molar-refractivity contribution >= 4 is 5.91 Å². The van der Waals surface area contributed by atoms with Gasteiger partial charge in [0.25, 0.3) is 0 Å². The summed E-state index contributed by atoms with van der Waals surface area (Å²) in [5.41, 5.74) is 1.72. The van der Waals surface area contributed by atoms with Gasteiger partial charge in [-0.2, -0.15) is 0 Å². The van der Waals surface area contributed by atoms with E-state index < -0.39 is 5.82 Å². The van der Waals surface area contributed by atoms with Crippen LogP contribution < -0.4 is 10.1 Å². The number of carbonyl (C=O) groups excluding carboxylic acids is 1. The average molecular weight is 302 g/mol. The first kappa shape index (κ1) is 15.9. The molecule has 116 valence electrons. The van der Waals surface area contributed by atoms with Gasteiger partial charge in [0.15, 0.2) is 11.6 Å². The van der Waals surface area contributed by atoms with Crippen molar-refractivity contribution in [3.63, 3.8) is 0 Å². The number of aryl methyl sites for hydroxylation is 1. The Morgan fingerprint density at radius 1 is 1.27 bits per heavy atom. The highest BCUT2D eigenvalue weighted by Crippen LogP contribution is 2.18. The van der Waals surface area contributed by atoms with Crippen molar-refractivity contribution in [1.29, 1.82) is 0 Å². The van der Waals surface area contributed by atoms with Gasteiger partial charge in [0, 0.05) is 31.3 Å². The Kier molecular flexibility index (Phi) is 5.89. The van der Waals surface area contributed by atoms with Gasteiger partial charge in [0.2, 0.25) is 5.91 Å². The van der Waals surface area contributed by atoms with E-state index in [0.29, 0.717) is 25.8 Å². The Balaban J connectivity index is 1.72. The molecule has 4 nitrogen and oxygen atoms in total. The zero-order valence-corrected chi connectivity index (χ0v) is 12.5.